The van der Waals surface area contributed by atoms with Crippen molar-refractivity contribution in [2.24, 2.45) is 5.92 Å². The molecule has 1 N–H and O–H groups in total. The third-order valence-corrected chi connectivity index (χ3v) is 3.89. The molecule has 0 saturated heterocycles. The van der Waals surface area contributed by atoms with Gasteiger partial charge in [0.05, 0.1) is 7.11 Å². The molecule has 0 radical (unpaired) electrons. The summed E-state index contributed by atoms with van der Waals surface area (Å²) in [5, 5.41) is 3.69. The smallest absolute Gasteiger partial charge is 0.118 e. The first-order chi connectivity index (χ1) is 9.21. The number of aryl methyl sites for hydroxylation is 1. The molecule has 19 heavy (non-hydrogen) atoms. The highest BCUT2D eigenvalue weighted by Gasteiger charge is 2.14. The summed E-state index contributed by atoms with van der Waals surface area (Å²) in [5.41, 5.74) is 1.40. The molecular weight excluding hydrogens is 234 g/mol. The van der Waals surface area contributed by atoms with Gasteiger partial charge in [-0.2, -0.15) is 0 Å². The number of methoxy groups -OCH3 is 1. The maximum Gasteiger partial charge on any atom is 0.118 e. The van der Waals surface area contributed by atoms with Gasteiger partial charge in [0.25, 0.3) is 0 Å². The third-order valence-electron chi connectivity index (χ3n) is 3.89. The summed E-state index contributed by atoms with van der Waals surface area (Å²) in [6.45, 7) is 7.97. The van der Waals surface area contributed by atoms with E-state index in [1.54, 1.807) is 7.11 Å². The van der Waals surface area contributed by atoms with Crippen LogP contribution in [0.3, 0.4) is 0 Å². The molecule has 0 aromatic heterocycles. The Bertz CT molecular complexity index is 334. The van der Waals surface area contributed by atoms with Crippen LogP contribution in [-0.2, 0) is 6.42 Å². The van der Waals surface area contributed by atoms with Crippen molar-refractivity contribution in [1.29, 1.82) is 0 Å². The van der Waals surface area contributed by atoms with E-state index in [1.807, 2.05) is 12.1 Å². The van der Waals surface area contributed by atoms with E-state index in [2.05, 4.69) is 38.2 Å². The maximum absolute atomic E-state index is 5.19. The fourth-order valence-electron chi connectivity index (χ4n) is 2.32. The summed E-state index contributed by atoms with van der Waals surface area (Å²) in [6.07, 6.45) is 4.79. The highest BCUT2D eigenvalue weighted by molar-refractivity contribution is 5.27. The minimum absolute atomic E-state index is 0.632. The zero-order chi connectivity index (χ0) is 14.1. The van der Waals surface area contributed by atoms with E-state index in [1.165, 1.54) is 24.8 Å². The molecule has 2 nitrogen and oxygen atoms in total. The monoisotopic (exact) mass is 263 g/mol. The standard InChI is InChI=1S/C17H29NO/c1-5-13-18-17(14(3)6-2)12-9-15-7-10-16(19-4)11-8-15/h7-8,10-11,14,17-18H,5-6,9,12-13H2,1-4H3. The van der Waals surface area contributed by atoms with Crippen LogP contribution in [0.25, 0.3) is 0 Å². The Morgan fingerprint density at radius 3 is 2.37 bits per heavy atom. The van der Waals surface area contributed by atoms with Crippen molar-refractivity contribution in [3.8, 4) is 5.75 Å². The van der Waals surface area contributed by atoms with Gasteiger partial charge in [-0.3, -0.25) is 0 Å². The second-order valence-electron chi connectivity index (χ2n) is 5.33. The first kappa shape index (κ1) is 16.0. The van der Waals surface area contributed by atoms with Gasteiger partial charge in [-0.15, -0.1) is 0 Å². The number of rotatable bonds is 9. The zero-order valence-corrected chi connectivity index (χ0v) is 12.9. The van der Waals surface area contributed by atoms with Gasteiger partial charge in [-0.25, -0.2) is 0 Å². The first-order valence-corrected chi connectivity index (χ1v) is 7.57. The minimum Gasteiger partial charge on any atom is -0.497 e. The van der Waals surface area contributed by atoms with Crippen molar-refractivity contribution in [3.63, 3.8) is 0 Å². The van der Waals surface area contributed by atoms with Crippen molar-refractivity contribution >= 4 is 0 Å². The number of ether oxygens (including phenoxy) is 1. The van der Waals surface area contributed by atoms with Crippen LogP contribution < -0.4 is 10.1 Å². The molecule has 1 aromatic rings. The minimum atomic E-state index is 0.632. The number of hydrogen-bond donors (Lipinski definition) is 1. The first-order valence-electron chi connectivity index (χ1n) is 7.57. The maximum atomic E-state index is 5.19. The van der Waals surface area contributed by atoms with Gasteiger partial charge in [-0.05, 0) is 49.4 Å². The van der Waals surface area contributed by atoms with Crippen LogP contribution in [-0.4, -0.2) is 19.7 Å². The highest BCUT2D eigenvalue weighted by Crippen LogP contribution is 2.17. The van der Waals surface area contributed by atoms with E-state index in [-0.39, 0.29) is 0 Å². The molecule has 2 heteroatoms. The Hall–Kier alpha value is -1.02. The van der Waals surface area contributed by atoms with E-state index in [9.17, 15) is 0 Å². The van der Waals surface area contributed by atoms with Crippen LogP contribution in [0.15, 0.2) is 24.3 Å². The lowest BCUT2D eigenvalue weighted by Crippen LogP contribution is -2.35. The van der Waals surface area contributed by atoms with Crippen LogP contribution in [0.2, 0.25) is 0 Å². The lowest BCUT2D eigenvalue weighted by molar-refractivity contribution is 0.348. The Balaban J connectivity index is 2.49. The molecule has 1 aromatic carbocycles. The second-order valence-corrected chi connectivity index (χ2v) is 5.33. The molecule has 108 valence electrons. The van der Waals surface area contributed by atoms with E-state index in [4.69, 9.17) is 4.74 Å². The van der Waals surface area contributed by atoms with E-state index in [0.717, 1.165) is 24.6 Å². The lowest BCUT2D eigenvalue weighted by atomic mass is 9.93. The molecule has 0 heterocycles. The summed E-state index contributed by atoms with van der Waals surface area (Å²) in [6, 6.07) is 9.07. The fourth-order valence-corrected chi connectivity index (χ4v) is 2.32. The topological polar surface area (TPSA) is 21.3 Å². The molecule has 0 aliphatic heterocycles. The average Bonchev–Trinajstić information content (AvgIpc) is 2.47. The average molecular weight is 263 g/mol. The lowest BCUT2D eigenvalue weighted by Gasteiger charge is -2.24. The molecule has 0 fully saturated rings. The number of nitrogens with one attached hydrogen (secondary N) is 1. The quantitative estimate of drug-likeness (QED) is 0.726. The summed E-state index contributed by atoms with van der Waals surface area (Å²) in [7, 11) is 1.71. The number of benzene rings is 1. The SMILES string of the molecule is CCCNC(CCc1ccc(OC)cc1)C(C)CC. The predicted octanol–water partition coefficient (Wildman–Crippen LogP) is 4.04. The molecule has 0 bridgehead atoms. The van der Waals surface area contributed by atoms with Gasteiger partial charge in [0.15, 0.2) is 0 Å². The van der Waals surface area contributed by atoms with Crippen LogP contribution >= 0.6 is 0 Å². The van der Waals surface area contributed by atoms with Gasteiger partial charge < -0.3 is 10.1 Å². The van der Waals surface area contributed by atoms with Gasteiger partial charge in [0.1, 0.15) is 5.75 Å². The van der Waals surface area contributed by atoms with Crippen molar-refractivity contribution in [3.05, 3.63) is 29.8 Å². The van der Waals surface area contributed by atoms with Crippen LogP contribution in [0.1, 0.15) is 45.6 Å². The van der Waals surface area contributed by atoms with Gasteiger partial charge in [-0.1, -0.05) is 39.3 Å². The Morgan fingerprint density at radius 2 is 1.84 bits per heavy atom. The van der Waals surface area contributed by atoms with Gasteiger partial charge in [0, 0.05) is 6.04 Å². The Morgan fingerprint density at radius 1 is 1.16 bits per heavy atom. The zero-order valence-electron chi connectivity index (χ0n) is 12.9. The molecule has 0 amide bonds. The van der Waals surface area contributed by atoms with Gasteiger partial charge in [0.2, 0.25) is 0 Å². The third kappa shape index (κ3) is 5.65. The molecule has 0 spiro atoms. The molecule has 2 atom stereocenters. The molecular formula is C17H29NO. The van der Waals surface area contributed by atoms with E-state index < -0.39 is 0 Å². The Kier molecular flexibility index (Phi) is 7.57. The molecule has 0 aliphatic rings. The summed E-state index contributed by atoms with van der Waals surface area (Å²) in [5.74, 6) is 1.68. The molecule has 1 rings (SSSR count). The normalized spacial score (nSPS) is 14.1. The van der Waals surface area contributed by atoms with Crippen molar-refractivity contribution in [2.75, 3.05) is 13.7 Å². The van der Waals surface area contributed by atoms with E-state index in [0.29, 0.717) is 6.04 Å². The van der Waals surface area contributed by atoms with Crippen LogP contribution in [0, 0.1) is 5.92 Å². The fraction of sp³-hybridized carbons (Fsp3) is 0.647. The van der Waals surface area contributed by atoms with Gasteiger partial charge >= 0.3 is 0 Å². The van der Waals surface area contributed by atoms with Crippen LogP contribution in [0.5, 0.6) is 5.75 Å². The summed E-state index contributed by atoms with van der Waals surface area (Å²) >= 11 is 0. The molecule has 2 unspecified atom stereocenters. The van der Waals surface area contributed by atoms with Crippen molar-refractivity contribution in [2.45, 2.75) is 52.5 Å². The molecule has 0 aliphatic carbocycles. The van der Waals surface area contributed by atoms with Crippen LogP contribution in [0.4, 0.5) is 0 Å². The van der Waals surface area contributed by atoms with Crippen molar-refractivity contribution in [1.82, 2.24) is 5.32 Å². The predicted molar refractivity (Wildman–Crippen MR) is 82.9 cm³/mol. The highest BCUT2D eigenvalue weighted by atomic mass is 16.5. The second kappa shape index (κ2) is 8.98. The summed E-state index contributed by atoms with van der Waals surface area (Å²) < 4.78 is 5.19. The Labute approximate surface area is 118 Å². The van der Waals surface area contributed by atoms with Crippen molar-refractivity contribution < 1.29 is 4.74 Å². The largest absolute Gasteiger partial charge is 0.497 e. The van der Waals surface area contributed by atoms with E-state index >= 15 is 0 Å². The molecule has 0 saturated carbocycles. The summed E-state index contributed by atoms with van der Waals surface area (Å²) in [4.78, 5) is 0. The number of hydrogen-bond acceptors (Lipinski definition) is 2.